The Morgan fingerprint density at radius 1 is 0.737 bits per heavy atom. The Bertz CT molecular complexity index is 448. The molecular formula is C16H26Si2Ti. The van der Waals surface area contributed by atoms with Crippen molar-refractivity contribution in [2.24, 2.45) is 0 Å². The molecule has 0 aliphatic heterocycles. The zero-order valence-electron chi connectivity index (χ0n) is 13.2. The van der Waals surface area contributed by atoms with Crippen LogP contribution in [0.15, 0.2) is 42.5 Å². The molecule has 0 atom stereocenters. The van der Waals surface area contributed by atoms with Crippen LogP contribution < -0.4 is 0 Å². The Labute approximate surface area is 129 Å². The van der Waals surface area contributed by atoms with E-state index >= 15 is 0 Å². The third-order valence-corrected chi connectivity index (χ3v) is 11.2. The first kappa shape index (κ1) is 15.5. The molecule has 0 radical (unpaired) electrons. The summed E-state index contributed by atoms with van der Waals surface area (Å²) in [6.07, 6.45) is 12.2. The van der Waals surface area contributed by atoms with Crippen LogP contribution in [0.5, 0.6) is 0 Å². The summed E-state index contributed by atoms with van der Waals surface area (Å²) in [4.78, 5) is 0. The van der Waals surface area contributed by atoms with Crippen molar-refractivity contribution in [2.45, 2.75) is 52.1 Å². The number of rotatable bonds is 4. The van der Waals surface area contributed by atoms with Crippen molar-refractivity contribution in [3.63, 3.8) is 0 Å². The Morgan fingerprint density at radius 3 is 1.42 bits per heavy atom. The first-order chi connectivity index (χ1) is 8.69. The predicted molar refractivity (Wildman–Crippen MR) is 88.3 cm³/mol. The van der Waals surface area contributed by atoms with E-state index in [9.17, 15) is 0 Å². The fraction of sp³-hybridized carbons (Fsp3) is 0.500. The van der Waals surface area contributed by atoms with Crippen molar-refractivity contribution in [3.05, 3.63) is 42.5 Å². The molecule has 0 N–H and O–H groups in total. The third-order valence-electron chi connectivity index (χ3n) is 3.78. The summed E-state index contributed by atoms with van der Waals surface area (Å²) in [6.45, 7) is 14.9. The molecule has 102 valence electrons. The van der Waals surface area contributed by atoms with Crippen molar-refractivity contribution < 1.29 is 19.2 Å². The van der Waals surface area contributed by atoms with Gasteiger partial charge in [-0.15, -0.1) is 0 Å². The van der Waals surface area contributed by atoms with Crippen LogP contribution in [0, 0.1) is 0 Å². The molecule has 0 nitrogen and oxygen atoms in total. The predicted octanol–water partition coefficient (Wildman–Crippen LogP) is 5.25. The second-order valence-electron chi connectivity index (χ2n) is 7.62. The molecule has 0 aromatic heterocycles. The van der Waals surface area contributed by atoms with Gasteiger partial charge in [0.25, 0.3) is 0 Å². The number of allylic oxidation sites excluding steroid dienone is 8. The van der Waals surface area contributed by atoms with Gasteiger partial charge in [-0.1, -0.05) is 0 Å². The fourth-order valence-corrected chi connectivity index (χ4v) is 12.1. The summed E-state index contributed by atoms with van der Waals surface area (Å²) in [6, 6.07) is 0. The maximum absolute atomic E-state index is 2.49. The molecule has 0 heterocycles. The van der Waals surface area contributed by atoms with Gasteiger partial charge in [0.1, 0.15) is 0 Å². The summed E-state index contributed by atoms with van der Waals surface area (Å²) in [7, 11) is -2.27. The molecule has 0 aromatic carbocycles. The van der Waals surface area contributed by atoms with Crippen molar-refractivity contribution in [1.82, 2.24) is 0 Å². The maximum atomic E-state index is 2.49. The Balaban J connectivity index is 2.28. The van der Waals surface area contributed by atoms with Gasteiger partial charge in [-0.25, -0.2) is 0 Å². The molecule has 0 unspecified atom stereocenters. The van der Waals surface area contributed by atoms with E-state index in [2.05, 4.69) is 63.6 Å². The van der Waals surface area contributed by atoms with E-state index in [4.69, 9.17) is 0 Å². The zero-order chi connectivity index (χ0) is 14.3. The van der Waals surface area contributed by atoms with Crippen LogP contribution in [0.4, 0.5) is 0 Å². The van der Waals surface area contributed by atoms with E-state index in [1.807, 2.05) is 7.76 Å². The topological polar surface area (TPSA) is 0 Å². The van der Waals surface area contributed by atoms with Gasteiger partial charge in [0.05, 0.1) is 0 Å². The quantitative estimate of drug-likeness (QED) is 0.620. The van der Waals surface area contributed by atoms with E-state index in [1.165, 1.54) is 12.8 Å². The van der Waals surface area contributed by atoms with E-state index < -0.39 is 16.1 Å². The molecule has 2 rings (SSSR count). The molecule has 0 amide bonds. The normalized spacial score (nSPS) is 19.9. The summed E-state index contributed by atoms with van der Waals surface area (Å²) in [5, 5.41) is 3.53. The van der Waals surface area contributed by atoms with Gasteiger partial charge < -0.3 is 0 Å². The molecule has 0 aromatic rings. The van der Waals surface area contributed by atoms with Gasteiger partial charge in [-0.3, -0.25) is 0 Å². The number of hydrogen-bond acceptors (Lipinski definition) is 0. The average molecular weight is 322 g/mol. The van der Waals surface area contributed by atoms with Gasteiger partial charge in [0.2, 0.25) is 0 Å². The van der Waals surface area contributed by atoms with Crippen LogP contribution in [0.1, 0.15) is 12.8 Å². The monoisotopic (exact) mass is 322 g/mol. The standard InChI is InChI=1S/2C8H13Si.Ti/c2*1-9(2,3)8-6-4-5-7-8;/h2*4,6H,5H2,1-3H3;. The van der Waals surface area contributed by atoms with Crippen molar-refractivity contribution in [2.75, 3.05) is 0 Å². The van der Waals surface area contributed by atoms with Gasteiger partial charge in [0.15, 0.2) is 0 Å². The molecule has 3 heteroatoms. The van der Waals surface area contributed by atoms with Crippen molar-refractivity contribution >= 4 is 16.1 Å². The van der Waals surface area contributed by atoms with E-state index in [-0.39, 0.29) is 19.2 Å². The van der Waals surface area contributed by atoms with E-state index in [0.29, 0.717) is 0 Å². The summed E-state index contributed by atoms with van der Waals surface area (Å²) in [5.74, 6) is 0. The van der Waals surface area contributed by atoms with Crippen LogP contribution in [0.3, 0.4) is 0 Å². The fourth-order valence-electron chi connectivity index (χ4n) is 2.83. The molecule has 0 bridgehead atoms. The van der Waals surface area contributed by atoms with E-state index in [1.54, 1.807) is 10.4 Å². The van der Waals surface area contributed by atoms with Crippen molar-refractivity contribution in [3.8, 4) is 0 Å². The van der Waals surface area contributed by atoms with Gasteiger partial charge in [-0.2, -0.15) is 0 Å². The van der Waals surface area contributed by atoms with Gasteiger partial charge in [0, 0.05) is 0 Å². The summed E-state index contributed by atoms with van der Waals surface area (Å²) in [5.41, 5.74) is 0. The van der Waals surface area contributed by atoms with Crippen LogP contribution in [-0.2, 0) is 19.2 Å². The van der Waals surface area contributed by atoms with Gasteiger partial charge >= 0.3 is 130 Å². The average Bonchev–Trinajstić information content (AvgIpc) is 2.83. The second-order valence-corrected chi connectivity index (χ2v) is 20.0. The molecular weight excluding hydrogens is 296 g/mol. The van der Waals surface area contributed by atoms with Crippen LogP contribution in [-0.4, -0.2) is 16.1 Å². The Morgan fingerprint density at radius 2 is 1.11 bits per heavy atom. The van der Waals surface area contributed by atoms with Crippen molar-refractivity contribution in [1.29, 1.82) is 0 Å². The molecule has 0 saturated heterocycles. The Hall–Kier alpha value is 0.108. The summed E-state index contributed by atoms with van der Waals surface area (Å²) >= 11 is -0.0444. The van der Waals surface area contributed by atoms with Crippen LogP contribution in [0.25, 0.3) is 0 Å². The molecule has 2 aliphatic rings. The Kier molecular flexibility index (Phi) is 4.47. The first-order valence-corrected chi connectivity index (χ1v) is 15.8. The summed E-state index contributed by atoms with van der Waals surface area (Å²) < 4.78 is 3.68. The molecule has 0 saturated carbocycles. The minimum atomic E-state index is -1.13. The minimum absolute atomic E-state index is 0.0444. The SMILES string of the molecule is C[Si](C)(C)C1=[C]([Ti][C]2=C([Si](C)(C)C)C=CC2)CC=C1. The number of hydrogen-bond donors (Lipinski definition) is 0. The molecule has 2 aliphatic carbocycles. The molecule has 0 spiro atoms. The third kappa shape index (κ3) is 3.60. The van der Waals surface area contributed by atoms with Crippen LogP contribution >= 0.6 is 0 Å². The van der Waals surface area contributed by atoms with Gasteiger partial charge in [-0.05, 0) is 0 Å². The molecule has 0 fully saturated rings. The molecule has 19 heavy (non-hydrogen) atoms. The first-order valence-electron chi connectivity index (χ1n) is 7.27. The van der Waals surface area contributed by atoms with Crippen LogP contribution in [0.2, 0.25) is 39.3 Å². The second kappa shape index (κ2) is 5.48. The zero-order valence-corrected chi connectivity index (χ0v) is 16.8. The van der Waals surface area contributed by atoms with E-state index in [0.717, 1.165) is 0 Å².